The van der Waals surface area contributed by atoms with E-state index < -0.39 is 11.7 Å². The molecule has 7 heteroatoms. The standard InChI is InChI=1S/C11H13BrF3N3/c12-7-5-9(11(13,14)15)10(18-6-7)17-4-3-16-8-1-2-8/h5-6,8,16H,1-4H2,(H,17,18). The van der Waals surface area contributed by atoms with Crippen LogP contribution in [0.1, 0.15) is 18.4 Å². The molecule has 0 saturated heterocycles. The fraction of sp³-hybridized carbons (Fsp3) is 0.545. The molecule has 1 heterocycles. The fourth-order valence-corrected chi connectivity index (χ4v) is 1.87. The Morgan fingerprint density at radius 3 is 2.67 bits per heavy atom. The highest BCUT2D eigenvalue weighted by molar-refractivity contribution is 9.10. The highest BCUT2D eigenvalue weighted by Crippen LogP contribution is 2.35. The van der Waals surface area contributed by atoms with Crippen LogP contribution >= 0.6 is 15.9 Å². The number of pyridine rings is 1. The minimum Gasteiger partial charge on any atom is -0.368 e. The molecule has 0 radical (unpaired) electrons. The lowest BCUT2D eigenvalue weighted by Gasteiger charge is -2.14. The van der Waals surface area contributed by atoms with Gasteiger partial charge >= 0.3 is 6.18 Å². The zero-order valence-electron chi connectivity index (χ0n) is 9.52. The number of nitrogens with zero attached hydrogens (tertiary/aromatic N) is 1. The molecule has 1 saturated carbocycles. The summed E-state index contributed by atoms with van der Waals surface area (Å²) in [5.41, 5.74) is -0.747. The number of hydrogen-bond acceptors (Lipinski definition) is 3. The average Bonchev–Trinajstić information content (AvgIpc) is 3.08. The summed E-state index contributed by atoms with van der Waals surface area (Å²) in [4.78, 5) is 3.77. The molecule has 0 unspecified atom stereocenters. The first-order valence-corrected chi connectivity index (χ1v) is 6.46. The van der Waals surface area contributed by atoms with Crippen LogP contribution in [-0.2, 0) is 6.18 Å². The van der Waals surface area contributed by atoms with Crippen LogP contribution < -0.4 is 10.6 Å². The Labute approximate surface area is 111 Å². The van der Waals surface area contributed by atoms with E-state index in [1.54, 1.807) is 0 Å². The molecule has 18 heavy (non-hydrogen) atoms. The van der Waals surface area contributed by atoms with Crippen molar-refractivity contribution in [3.05, 3.63) is 22.3 Å². The van der Waals surface area contributed by atoms with E-state index in [1.165, 1.54) is 6.20 Å². The molecule has 1 aliphatic rings. The summed E-state index contributed by atoms with van der Waals surface area (Å²) in [7, 11) is 0. The van der Waals surface area contributed by atoms with Crippen molar-refractivity contribution in [3.8, 4) is 0 Å². The third-order valence-electron chi connectivity index (χ3n) is 2.59. The molecule has 1 aromatic rings. The fourth-order valence-electron chi connectivity index (χ4n) is 1.54. The Bertz CT molecular complexity index is 418. The zero-order valence-corrected chi connectivity index (χ0v) is 11.1. The third-order valence-corrected chi connectivity index (χ3v) is 3.02. The monoisotopic (exact) mass is 323 g/mol. The summed E-state index contributed by atoms with van der Waals surface area (Å²) in [5.74, 6) is -0.122. The molecule has 1 aromatic heterocycles. The van der Waals surface area contributed by atoms with Gasteiger partial charge in [-0.2, -0.15) is 13.2 Å². The topological polar surface area (TPSA) is 37.0 Å². The van der Waals surface area contributed by atoms with E-state index >= 15 is 0 Å². The molecule has 1 fully saturated rings. The highest BCUT2D eigenvalue weighted by Gasteiger charge is 2.34. The first-order chi connectivity index (χ1) is 8.47. The molecule has 100 valence electrons. The van der Waals surface area contributed by atoms with Crippen LogP contribution in [0, 0.1) is 0 Å². The van der Waals surface area contributed by atoms with Crippen molar-refractivity contribution >= 4 is 21.7 Å². The quantitative estimate of drug-likeness (QED) is 0.818. The van der Waals surface area contributed by atoms with Crippen molar-refractivity contribution < 1.29 is 13.2 Å². The summed E-state index contributed by atoms with van der Waals surface area (Å²) in [6.45, 7) is 1.06. The molecule has 2 rings (SSSR count). The van der Waals surface area contributed by atoms with Crippen LogP contribution in [0.5, 0.6) is 0 Å². The van der Waals surface area contributed by atoms with Crippen LogP contribution in [-0.4, -0.2) is 24.1 Å². The van der Waals surface area contributed by atoms with E-state index in [0.29, 0.717) is 23.6 Å². The van der Waals surface area contributed by atoms with Gasteiger partial charge in [-0.15, -0.1) is 0 Å². The van der Waals surface area contributed by atoms with Gasteiger partial charge in [0, 0.05) is 29.8 Å². The highest BCUT2D eigenvalue weighted by atomic mass is 79.9. The number of rotatable bonds is 5. The second kappa shape index (κ2) is 5.44. The number of alkyl halides is 3. The van der Waals surface area contributed by atoms with Crippen LogP contribution in [0.2, 0.25) is 0 Å². The summed E-state index contributed by atoms with van der Waals surface area (Å²) in [6.07, 6.45) is -0.733. The zero-order chi connectivity index (χ0) is 13.2. The molecular formula is C11H13BrF3N3. The van der Waals surface area contributed by atoms with Crippen LogP contribution in [0.3, 0.4) is 0 Å². The molecule has 1 aliphatic carbocycles. The van der Waals surface area contributed by atoms with Crippen molar-refractivity contribution in [1.82, 2.24) is 10.3 Å². The van der Waals surface area contributed by atoms with Crippen LogP contribution in [0.4, 0.5) is 19.0 Å². The van der Waals surface area contributed by atoms with E-state index in [4.69, 9.17) is 0 Å². The Hall–Kier alpha value is -0.820. The first-order valence-electron chi connectivity index (χ1n) is 5.67. The van der Waals surface area contributed by atoms with Crippen molar-refractivity contribution in [2.45, 2.75) is 25.1 Å². The lowest BCUT2D eigenvalue weighted by atomic mass is 10.2. The summed E-state index contributed by atoms with van der Waals surface area (Å²) in [5, 5.41) is 5.93. The lowest BCUT2D eigenvalue weighted by molar-refractivity contribution is -0.137. The van der Waals surface area contributed by atoms with Crippen molar-refractivity contribution in [2.24, 2.45) is 0 Å². The maximum absolute atomic E-state index is 12.8. The minimum atomic E-state index is -4.40. The smallest absolute Gasteiger partial charge is 0.368 e. The maximum Gasteiger partial charge on any atom is 0.419 e. The average molecular weight is 324 g/mol. The lowest BCUT2D eigenvalue weighted by Crippen LogP contribution is -2.25. The van der Waals surface area contributed by atoms with Gasteiger partial charge < -0.3 is 10.6 Å². The van der Waals surface area contributed by atoms with Gasteiger partial charge in [0.25, 0.3) is 0 Å². The Morgan fingerprint density at radius 1 is 1.33 bits per heavy atom. The number of hydrogen-bond donors (Lipinski definition) is 2. The molecule has 0 amide bonds. The number of nitrogens with one attached hydrogen (secondary N) is 2. The predicted octanol–water partition coefficient (Wildman–Crippen LogP) is 3.03. The van der Waals surface area contributed by atoms with E-state index in [9.17, 15) is 13.2 Å². The largest absolute Gasteiger partial charge is 0.419 e. The molecule has 0 bridgehead atoms. The number of anilines is 1. The summed E-state index contributed by atoms with van der Waals surface area (Å²) < 4.78 is 38.6. The van der Waals surface area contributed by atoms with E-state index in [0.717, 1.165) is 18.9 Å². The molecule has 3 nitrogen and oxygen atoms in total. The van der Waals surface area contributed by atoms with E-state index in [-0.39, 0.29) is 5.82 Å². The van der Waals surface area contributed by atoms with Crippen molar-refractivity contribution in [3.63, 3.8) is 0 Å². The molecule has 0 aliphatic heterocycles. The Balaban J connectivity index is 1.97. The Kier molecular flexibility index (Phi) is 4.11. The molecule has 0 aromatic carbocycles. The van der Waals surface area contributed by atoms with Gasteiger partial charge in [-0.1, -0.05) is 0 Å². The van der Waals surface area contributed by atoms with Gasteiger partial charge in [0.15, 0.2) is 0 Å². The van der Waals surface area contributed by atoms with E-state index in [1.807, 2.05) is 0 Å². The maximum atomic E-state index is 12.8. The normalized spacial score (nSPS) is 15.8. The van der Waals surface area contributed by atoms with E-state index in [2.05, 4.69) is 31.5 Å². The van der Waals surface area contributed by atoms with Gasteiger partial charge in [-0.05, 0) is 34.8 Å². The van der Waals surface area contributed by atoms with Gasteiger partial charge in [0.2, 0.25) is 0 Å². The molecule has 0 atom stereocenters. The van der Waals surface area contributed by atoms with Crippen LogP contribution in [0.15, 0.2) is 16.7 Å². The van der Waals surface area contributed by atoms with Gasteiger partial charge in [0.05, 0.1) is 5.56 Å². The molecule has 2 N–H and O–H groups in total. The Morgan fingerprint density at radius 2 is 2.06 bits per heavy atom. The second-order valence-corrected chi connectivity index (χ2v) is 5.12. The SMILES string of the molecule is FC(F)(F)c1cc(Br)cnc1NCCNC1CC1. The van der Waals surface area contributed by atoms with Gasteiger partial charge in [-0.3, -0.25) is 0 Å². The summed E-state index contributed by atoms with van der Waals surface area (Å²) in [6, 6.07) is 1.58. The number of aromatic nitrogens is 1. The van der Waals surface area contributed by atoms with Crippen LogP contribution in [0.25, 0.3) is 0 Å². The van der Waals surface area contributed by atoms with Crippen molar-refractivity contribution in [1.29, 1.82) is 0 Å². The number of halogens is 4. The third kappa shape index (κ3) is 3.84. The first kappa shape index (κ1) is 13.6. The molecule has 0 spiro atoms. The minimum absolute atomic E-state index is 0.122. The summed E-state index contributed by atoms with van der Waals surface area (Å²) >= 11 is 3.00. The molecular weight excluding hydrogens is 311 g/mol. The second-order valence-electron chi connectivity index (χ2n) is 4.20. The van der Waals surface area contributed by atoms with Gasteiger partial charge in [-0.25, -0.2) is 4.98 Å². The van der Waals surface area contributed by atoms with Crippen molar-refractivity contribution in [2.75, 3.05) is 18.4 Å². The van der Waals surface area contributed by atoms with Gasteiger partial charge in [0.1, 0.15) is 5.82 Å². The predicted molar refractivity (Wildman–Crippen MR) is 66.5 cm³/mol.